The zero-order valence-electron chi connectivity index (χ0n) is 12.2. The first-order valence-electron chi connectivity index (χ1n) is 6.45. The number of rotatable bonds is 3. The minimum absolute atomic E-state index is 0.0787. The Morgan fingerprint density at radius 2 is 1.50 bits per heavy atom. The van der Waals surface area contributed by atoms with Gasteiger partial charge in [0.1, 0.15) is 0 Å². The molecule has 0 atom stereocenters. The molecule has 0 saturated heterocycles. The number of benzene rings is 1. The quantitative estimate of drug-likeness (QED) is 0.860. The molecule has 0 saturated carbocycles. The highest BCUT2D eigenvalue weighted by Crippen LogP contribution is 2.32. The van der Waals surface area contributed by atoms with Gasteiger partial charge in [0.2, 0.25) is 0 Å². The molecule has 0 spiro atoms. The van der Waals surface area contributed by atoms with Crippen molar-refractivity contribution in [3.63, 3.8) is 0 Å². The molecule has 0 aliphatic heterocycles. The van der Waals surface area contributed by atoms with E-state index in [1.807, 2.05) is 0 Å². The lowest BCUT2D eigenvalue weighted by molar-refractivity contribution is 0.230. The van der Waals surface area contributed by atoms with Gasteiger partial charge in [-0.15, -0.1) is 0 Å². The lowest BCUT2D eigenvalue weighted by atomic mass is 9.93. The molecule has 0 aliphatic carbocycles. The van der Waals surface area contributed by atoms with Crippen molar-refractivity contribution in [1.82, 2.24) is 4.90 Å². The van der Waals surface area contributed by atoms with Crippen molar-refractivity contribution in [1.29, 1.82) is 0 Å². The van der Waals surface area contributed by atoms with E-state index < -0.39 is 0 Å². The molecule has 1 aromatic rings. The second-order valence-electron chi connectivity index (χ2n) is 5.45. The molecular weight excluding hydrogens is 224 g/mol. The molecule has 0 radical (unpaired) electrons. The van der Waals surface area contributed by atoms with E-state index in [4.69, 9.17) is 0 Å². The molecule has 0 aliphatic rings. The van der Waals surface area contributed by atoms with Crippen LogP contribution in [0.1, 0.15) is 50.7 Å². The molecule has 0 bridgehead atoms. The summed E-state index contributed by atoms with van der Waals surface area (Å²) >= 11 is 0. The molecule has 0 aromatic heterocycles. The number of amides is 2. The lowest BCUT2D eigenvalue weighted by Gasteiger charge is -2.21. The summed E-state index contributed by atoms with van der Waals surface area (Å²) in [5.74, 6) is 0.780. The van der Waals surface area contributed by atoms with Crippen molar-refractivity contribution in [2.24, 2.45) is 0 Å². The second-order valence-corrected chi connectivity index (χ2v) is 5.45. The van der Waals surface area contributed by atoms with E-state index in [9.17, 15) is 4.79 Å². The zero-order valence-corrected chi connectivity index (χ0v) is 12.2. The molecule has 100 valence electrons. The first-order chi connectivity index (χ1) is 8.34. The third-order valence-electron chi connectivity index (χ3n) is 3.01. The number of hydrogen-bond acceptors (Lipinski definition) is 1. The molecule has 3 heteroatoms. The molecule has 1 N–H and O–H groups in total. The maximum Gasteiger partial charge on any atom is 0.321 e. The van der Waals surface area contributed by atoms with Gasteiger partial charge in [-0.3, -0.25) is 0 Å². The molecule has 0 unspecified atom stereocenters. The monoisotopic (exact) mass is 248 g/mol. The Balaban J connectivity index is 3.23. The molecule has 3 nitrogen and oxygen atoms in total. The van der Waals surface area contributed by atoms with Crippen LogP contribution in [0.2, 0.25) is 0 Å². The van der Waals surface area contributed by atoms with Crippen LogP contribution in [0.25, 0.3) is 0 Å². The van der Waals surface area contributed by atoms with Crippen molar-refractivity contribution in [2.75, 3.05) is 19.4 Å². The molecule has 0 fully saturated rings. The van der Waals surface area contributed by atoms with E-state index in [1.54, 1.807) is 19.0 Å². The van der Waals surface area contributed by atoms with Gasteiger partial charge in [0.05, 0.1) is 0 Å². The van der Waals surface area contributed by atoms with Crippen LogP contribution >= 0.6 is 0 Å². The maximum absolute atomic E-state index is 11.9. The highest BCUT2D eigenvalue weighted by atomic mass is 16.2. The summed E-state index contributed by atoms with van der Waals surface area (Å²) in [5.41, 5.74) is 3.36. The fourth-order valence-electron chi connectivity index (χ4n) is 1.91. The van der Waals surface area contributed by atoms with Gasteiger partial charge >= 0.3 is 6.03 Å². The van der Waals surface area contributed by atoms with Gasteiger partial charge < -0.3 is 10.2 Å². The van der Waals surface area contributed by atoms with Crippen LogP contribution < -0.4 is 5.32 Å². The summed E-state index contributed by atoms with van der Waals surface area (Å²) in [5, 5.41) is 3.03. The van der Waals surface area contributed by atoms with Gasteiger partial charge in [-0.2, -0.15) is 0 Å². The van der Waals surface area contributed by atoms with Crippen LogP contribution in [-0.4, -0.2) is 25.0 Å². The summed E-state index contributed by atoms with van der Waals surface area (Å²) in [6.07, 6.45) is 0. The number of carbonyl (C=O) groups excluding carboxylic acids is 1. The van der Waals surface area contributed by atoms with E-state index in [2.05, 4.69) is 51.2 Å². The molecule has 1 rings (SSSR count). The van der Waals surface area contributed by atoms with Crippen LogP contribution in [0.3, 0.4) is 0 Å². The molecular formula is C15H24N2O. The number of anilines is 1. The Morgan fingerprint density at radius 3 is 1.83 bits per heavy atom. The number of hydrogen-bond donors (Lipinski definition) is 1. The highest BCUT2D eigenvalue weighted by Gasteiger charge is 2.16. The molecule has 18 heavy (non-hydrogen) atoms. The zero-order chi connectivity index (χ0) is 13.9. The fourth-order valence-corrected chi connectivity index (χ4v) is 1.91. The number of urea groups is 1. The SMILES string of the molecule is CC(C)c1cccc(C(C)C)c1NC(=O)N(C)C. The Bertz CT molecular complexity index is 396. The maximum atomic E-state index is 11.9. The predicted octanol–water partition coefficient (Wildman–Crippen LogP) is 4.03. The number of nitrogens with one attached hydrogen (secondary N) is 1. The van der Waals surface area contributed by atoms with E-state index in [1.165, 1.54) is 11.1 Å². The summed E-state index contributed by atoms with van der Waals surface area (Å²) in [7, 11) is 3.50. The fraction of sp³-hybridized carbons (Fsp3) is 0.533. The summed E-state index contributed by atoms with van der Waals surface area (Å²) in [6.45, 7) is 8.57. The van der Waals surface area contributed by atoms with E-state index in [-0.39, 0.29) is 6.03 Å². The Hall–Kier alpha value is -1.51. The van der Waals surface area contributed by atoms with Crippen molar-refractivity contribution in [3.05, 3.63) is 29.3 Å². The van der Waals surface area contributed by atoms with Crippen LogP contribution in [0.4, 0.5) is 10.5 Å². The Labute approximate surface area is 110 Å². The van der Waals surface area contributed by atoms with Gasteiger partial charge in [0.25, 0.3) is 0 Å². The average Bonchev–Trinajstić information content (AvgIpc) is 2.28. The van der Waals surface area contributed by atoms with Gasteiger partial charge in [-0.05, 0) is 23.0 Å². The second kappa shape index (κ2) is 5.89. The summed E-state index contributed by atoms with van der Waals surface area (Å²) < 4.78 is 0. The summed E-state index contributed by atoms with van der Waals surface area (Å²) in [6, 6.07) is 6.16. The average molecular weight is 248 g/mol. The third-order valence-corrected chi connectivity index (χ3v) is 3.01. The van der Waals surface area contributed by atoms with Gasteiger partial charge in [-0.1, -0.05) is 45.9 Å². The van der Waals surface area contributed by atoms with Crippen molar-refractivity contribution < 1.29 is 4.79 Å². The van der Waals surface area contributed by atoms with Crippen molar-refractivity contribution >= 4 is 11.7 Å². The van der Waals surface area contributed by atoms with E-state index in [0.717, 1.165) is 5.69 Å². The van der Waals surface area contributed by atoms with Crippen LogP contribution in [-0.2, 0) is 0 Å². The van der Waals surface area contributed by atoms with Gasteiger partial charge in [0.15, 0.2) is 0 Å². The molecule has 2 amide bonds. The van der Waals surface area contributed by atoms with Gasteiger partial charge in [0, 0.05) is 19.8 Å². The standard InChI is InChI=1S/C15H24N2O/c1-10(2)12-8-7-9-13(11(3)4)14(12)16-15(18)17(5)6/h7-11H,1-6H3,(H,16,18). The van der Waals surface area contributed by atoms with Crippen LogP contribution in [0.15, 0.2) is 18.2 Å². The van der Waals surface area contributed by atoms with Crippen LogP contribution in [0.5, 0.6) is 0 Å². The first kappa shape index (κ1) is 14.6. The third kappa shape index (κ3) is 3.25. The minimum Gasteiger partial charge on any atom is -0.331 e. The number of para-hydroxylation sites is 1. The number of carbonyl (C=O) groups is 1. The normalized spacial score (nSPS) is 10.9. The smallest absolute Gasteiger partial charge is 0.321 e. The predicted molar refractivity (Wildman–Crippen MR) is 77.3 cm³/mol. The van der Waals surface area contributed by atoms with Gasteiger partial charge in [-0.25, -0.2) is 4.79 Å². The minimum atomic E-state index is -0.0787. The largest absolute Gasteiger partial charge is 0.331 e. The van der Waals surface area contributed by atoms with E-state index in [0.29, 0.717) is 11.8 Å². The summed E-state index contributed by atoms with van der Waals surface area (Å²) in [4.78, 5) is 13.4. The van der Waals surface area contributed by atoms with Crippen molar-refractivity contribution in [3.8, 4) is 0 Å². The Morgan fingerprint density at radius 1 is 1.06 bits per heavy atom. The topological polar surface area (TPSA) is 32.3 Å². The van der Waals surface area contributed by atoms with E-state index >= 15 is 0 Å². The first-order valence-corrected chi connectivity index (χ1v) is 6.45. The van der Waals surface area contributed by atoms with Crippen molar-refractivity contribution in [2.45, 2.75) is 39.5 Å². The molecule has 0 heterocycles. The molecule has 1 aromatic carbocycles. The van der Waals surface area contributed by atoms with Crippen LogP contribution in [0, 0.1) is 0 Å². The number of nitrogens with zero attached hydrogens (tertiary/aromatic N) is 1. The lowest BCUT2D eigenvalue weighted by Crippen LogP contribution is -2.28. The Kier molecular flexibility index (Phi) is 4.76. The highest BCUT2D eigenvalue weighted by molar-refractivity contribution is 5.91.